The van der Waals surface area contributed by atoms with Crippen LogP contribution in [0.25, 0.3) is 0 Å². The van der Waals surface area contributed by atoms with Crippen LogP contribution < -0.4 is 5.73 Å². The molecule has 1 saturated heterocycles. The van der Waals surface area contributed by atoms with Crippen molar-refractivity contribution < 1.29 is 14.7 Å². The Hall–Kier alpha value is -1.10. The molecule has 5 nitrogen and oxygen atoms in total. The Bertz CT molecular complexity index is 330. The summed E-state index contributed by atoms with van der Waals surface area (Å²) in [5, 5.41) is 9.37. The van der Waals surface area contributed by atoms with Gasteiger partial charge in [-0.1, -0.05) is 20.8 Å². The molecule has 1 rings (SSSR count). The highest BCUT2D eigenvalue weighted by Crippen LogP contribution is 2.34. The van der Waals surface area contributed by atoms with Crippen LogP contribution in [0.15, 0.2) is 0 Å². The smallest absolute Gasteiger partial charge is 0.311 e. The molecule has 0 radical (unpaired) electrons. The summed E-state index contributed by atoms with van der Waals surface area (Å²) in [6.07, 6.45) is 1.92. The van der Waals surface area contributed by atoms with Crippen LogP contribution in [-0.2, 0) is 9.59 Å². The van der Waals surface area contributed by atoms with Crippen LogP contribution in [0, 0.1) is 11.3 Å². The molecule has 2 atom stereocenters. The van der Waals surface area contributed by atoms with Gasteiger partial charge in [0.15, 0.2) is 0 Å². The number of rotatable bonds is 4. The van der Waals surface area contributed by atoms with Crippen molar-refractivity contribution in [2.24, 2.45) is 17.1 Å². The van der Waals surface area contributed by atoms with Crippen molar-refractivity contribution >= 4 is 11.9 Å². The minimum Gasteiger partial charge on any atom is -0.481 e. The second-order valence-corrected chi connectivity index (χ2v) is 5.57. The monoisotopic (exact) mass is 256 g/mol. The number of aliphatic carboxylic acids is 1. The lowest BCUT2D eigenvalue weighted by Gasteiger charge is -2.40. The third-order valence-corrected chi connectivity index (χ3v) is 4.02. The van der Waals surface area contributed by atoms with Crippen molar-refractivity contribution in [3.63, 3.8) is 0 Å². The number of carboxylic acids is 1. The van der Waals surface area contributed by atoms with Crippen LogP contribution >= 0.6 is 0 Å². The minimum atomic E-state index is -0.805. The van der Waals surface area contributed by atoms with Gasteiger partial charge in [-0.2, -0.15) is 0 Å². The molecule has 18 heavy (non-hydrogen) atoms. The molecule has 0 bridgehead atoms. The van der Waals surface area contributed by atoms with Crippen LogP contribution in [0.1, 0.15) is 40.0 Å². The Balaban J connectivity index is 2.81. The van der Waals surface area contributed by atoms with E-state index in [0.717, 1.165) is 6.42 Å². The summed E-state index contributed by atoms with van der Waals surface area (Å²) in [6, 6.07) is -0.536. The quantitative estimate of drug-likeness (QED) is 0.788. The molecule has 0 spiro atoms. The van der Waals surface area contributed by atoms with Crippen molar-refractivity contribution in [1.82, 2.24) is 4.90 Å². The van der Waals surface area contributed by atoms with Gasteiger partial charge in [0, 0.05) is 13.1 Å². The number of carboxylic acid groups (broad SMARTS) is 1. The van der Waals surface area contributed by atoms with Gasteiger partial charge in [-0.05, 0) is 25.2 Å². The normalized spacial score (nSPS) is 26.2. The lowest BCUT2D eigenvalue weighted by atomic mass is 9.77. The number of hydrogen-bond acceptors (Lipinski definition) is 3. The largest absolute Gasteiger partial charge is 0.481 e. The Labute approximate surface area is 108 Å². The molecule has 0 aromatic rings. The standard InChI is InChI=1S/C13H24N2O3/c1-4-13(12(17)18)6-5-7-15(8-13)11(16)10(14)9(2)3/h9-10H,4-8,14H2,1-3H3,(H,17,18)/t10-,13?/m0/s1. The third-order valence-electron chi connectivity index (χ3n) is 4.02. The summed E-state index contributed by atoms with van der Waals surface area (Å²) in [5.74, 6) is -0.857. The molecular weight excluding hydrogens is 232 g/mol. The first kappa shape index (κ1) is 15.0. The van der Waals surface area contributed by atoms with Crippen LogP contribution in [0.5, 0.6) is 0 Å². The van der Waals surface area contributed by atoms with Crippen LogP contribution in [-0.4, -0.2) is 41.0 Å². The van der Waals surface area contributed by atoms with Crippen molar-refractivity contribution in [3.05, 3.63) is 0 Å². The zero-order valence-electron chi connectivity index (χ0n) is 11.5. The van der Waals surface area contributed by atoms with E-state index in [1.165, 1.54) is 0 Å². The average Bonchev–Trinajstić information content (AvgIpc) is 2.36. The predicted octanol–water partition coefficient (Wildman–Crippen LogP) is 1.07. The fourth-order valence-electron chi connectivity index (χ4n) is 2.43. The molecule has 1 fully saturated rings. The van der Waals surface area contributed by atoms with E-state index in [4.69, 9.17) is 5.73 Å². The first-order valence-electron chi connectivity index (χ1n) is 6.62. The van der Waals surface area contributed by atoms with Crippen molar-refractivity contribution in [2.45, 2.75) is 46.1 Å². The summed E-state index contributed by atoms with van der Waals surface area (Å²) in [6.45, 7) is 6.57. The fraction of sp³-hybridized carbons (Fsp3) is 0.846. The van der Waals surface area contributed by atoms with Gasteiger partial charge in [-0.25, -0.2) is 0 Å². The highest BCUT2D eigenvalue weighted by atomic mass is 16.4. The third kappa shape index (κ3) is 2.83. The van der Waals surface area contributed by atoms with Gasteiger partial charge in [0.05, 0.1) is 11.5 Å². The van der Waals surface area contributed by atoms with E-state index in [9.17, 15) is 14.7 Å². The van der Waals surface area contributed by atoms with Gasteiger partial charge in [0.1, 0.15) is 0 Å². The maximum Gasteiger partial charge on any atom is 0.311 e. The zero-order chi connectivity index (χ0) is 13.9. The number of carbonyl (C=O) groups excluding carboxylic acids is 1. The lowest BCUT2D eigenvalue weighted by molar-refractivity contribution is -0.155. The van der Waals surface area contributed by atoms with Gasteiger partial charge < -0.3 is 15.7 Å². The molecule has 0 saturated carbocycles. The fourth-order valence-corrected chi connectivity index (χ4v) is 2.43. The Morgan fingerprint density at radius 1 is 1.44 bits per heavy atom. The van der Waals surface area contributed by atoms with E-state index in [-0.39, 0.29) is 18.4 Å². The SMILES string of the molecule is CCC1(C(=O)O)CCCN(C(=O)[C@@H](N)C(C)C)C1. The molecule has 1 aliphatic rings. The predicted molar refractivity (Wildman–Crippen MR) is 69.0 cm³/mol. The van der Waals surface area contributed by atoms with Crippen molar-refractivity contribution in [2.75, 3.05) is 13.1 Å². The van der Waals surface area contributed by atoms with Crippen LogP contribution in [0.3, 0.4) is 0 Å². The van der Waals surface area contributed by atoms with E-state index in [1.54, 1.807) is 4.90 Å². The van der Waals surface area contributed by atoms with Gasteiger partial charge in [-0.3, -0.25) is 9.59 Å². The molecule has 0 aromatic carbocycles. The lowest BCUT2D eigenvalue weighted by Crippen LogP contribution is -2.54. The second kappa shape index (κ2) is 5.69. The Kier molecular flexibility index (Phi) is 4.73. The molecule has 1 aliphatic heterocycles. The molecule has 0 aromatic heterocycles. The number of likely N-dealkylation sites (tertiary alicyclic amines) is 1. The number of nitrogens with two attached hydrogens (primary N) is 1. The molecule has 5 heteroatoms. The van der Waals surface area contributed by atoms with Crippen LogP contribution in [0.2, 0.25) is 0 Å². The molecular formula is C13H24N2O3. The summed E-state index contributed by atoms with van der Waals surface area (Å²) >= 11 is 0. The topological polar surface area (TPSA) is 83.6 Å². The van der Waals surface area contributed by atoms with E-state index < -0.39 is 17.4 Å². The molecule has 104 valence electrons. The number of carbonyl (C=O) groups is 2. The molecule has 3 N–H and O–H groups in total. The summed E-state index contributed by atoms with van der Waals surface area (Å²) < 4.78 is 0. The first-order valence-corrected chi connectivity index (χ1v) is 6.62. The molecule has 1 amide bonds. The van der Waals surface area contributed by atoms with Gasteiger partial charge in [-0.15, -0.1) is 0 Å². The van der Waals surface area contributed by atoms with Crippen molar-refractivity contribution in [1.29, 1.82) is 0 Å². The maximum atomic E-state index is 12.2. The van der Waals surface area contributed by atoms with Gasteiger partial charge >= 0.3 is 5.97 Å². The van der Waals surface area contributed by atoms with Crippen molar-refractivity contribution in [3.8, 4) is 0 Å². The number of piperidine rings is 1. The number of nitrogens with zero attached hydrogens (tertiary/aromatic N) is 1. The van der Waals surface area contributed by atoms with Gasteiger partial charge in [0.25, 0.3) is 0 Å². The Morgan fingerprint density at radius 2 is 2.06 bits per heavy atom. The highest BCUT2D eigenvalue weighted by Gasteiger charge is 2.42. The summed E-state index contributed by atoms with van der Waals surface area (Å²) in [4.78, 5) is 25.2. The van der Waals surface area contributed by atoms with Crippen LogP contribution in [0.4, 0.5) is 0 Å². The number of amides is 1. The van der Waals surface area contributed by atoms with E-state index in [2.05, 4.69) is 0 Å². The molecule has 1 unspecified atom stereocenters. The van der Waals surface area contributed by atoms with E-state index >= 15 is 0 Å². The van der Waals surface area contributed by atoms with E-state index in [1.807, 2.05) is 20.8 Å². The van der Waals surface area contributed by atoms with Gasteiger partial charge in [0.2, 0.25) is 5.91 Å². The van der Waals surface area contributed by atoms with E-state index in [0.29, 0.717) is 19.4 Å². The summed E-state index contributed by atoms with van der Waals surface area (Å²) in [5.41, 5.74) is 5.07. The maximum absolute atomic E-state index is 12.2. The second-order valence-electron chi connectivity index (χ2n) is 5.57. The molecule has 1 heterocycles. The Morgan fingerprint density at radius 3 is 2.50 bits per heavy atom. The number of hydrogen-bond donors (Lipinski definition) is 2. The minimum absolute atomic E-state index is 0.0697. The molecule has 0 aliphatic carbocycles. The first-order chi connectivity index (χ1) is 8.34. The zero-order valence-corrected chi connectivity index (χ0v) is 11.5. The summed E-state index contributed by atoms with van der Waals surface area (Å²) in [7, 11) is 0. The highest BCUT2D eigenvalue weighted by molar-refractivity contribution is 5.83. The average molecular weight is 256 g/mol.